The molecule has 0 radical (unpaired) electrons. The van der Waals surface area contributed by atoms with Crippen LogP contribution in [0.4, 0.5) is 10.5 Å². The molecule has 0 saturated carbocycles. The number of anilines is 1. The topological polar surface area (TPSA) is 93.7 Å². The predicted molar refractivity (Wildman–Crippen MR) is 133 cm³/mol. The van der Waals surface area contributed by atoms with Crippen LogP contribution >= 0.6 is 0 Å². The van der Waals surface area contributed by atoms with Crippen molar-refractivity contribution in [3.05, 3.63) is 64.2 Å². The third-order valence-corrected chi connectivity index (χ3v) is 5.44. The molecule has 0 heterocycles. The molecule has 2 aromatic rings. The molecule has 2 aromatic carbocycles. The molecule has 0 unspecified atom stereocenters. The molecular formula is C27H36N2O5. The van der Waals surface area contributed by atoms with Crippen molar-refractivity contribution in [3.63, 3.8) is 0 Å². The minimum absolute atomic E-state index is 0.0361. The van der Waals surface area contributed by atoms with Gasteiger partial charge in [-0.05, 0) is 83.2 Å². The van der Waals surface area contributed by atoms with Crippen molar-refractivity contribution in [2.75, 3.05) is 5.32 Å². The molecule has 0 saturated heterocycles. The van der Waals surface area contributed by atoms with Crippen molar-refractivity contribution in [2.45, 2.75) is 79.6 Å². The maximum absolute atomic E-state index is 13.1. The van der Waals surface area contributed by atoms with Crippen molar-refractivity contribution in [3.8, 4) is 0 Å². The smallest absolute Gasteiger partial charge is 0.408 e. The van der Waals surface area contributed by atoms with E-state index in [4.69, 9.17) is 9.47 Å². The van der Waals surface area contributed by atoms with Crippen LogP contribution in [0.25, 0.3) is 0 Å². The monoisotopic (exact) mass is 468 g/mol. The number of nitrogens with one attached hydrogen (secondary N) is 2. The maximum atomic E-state index is 13.1. The van der Waals surface area contributed by atoms with Gasteiger partial charge in [0, 0.05) is 12.1 Å². The zero-order chi connectivity index (χ0) is 25.5. The molecule has 0 bridgehead atoms. The van der Waals surface area contributed by atoms with Crippen LogP contribution in [0.5, 0.6) is 0 Å². The zero-order valence-corrected chi connectivity index (χ0v) is 21.2. The Kier molecular flexibility index (Phi) is 9.24. The lowest BCUT2D eigenvalue weighted by Gasteiger charge is -2.23. The van der Waals surface area contributed by atoms with Crippen LogP contribution in [0.3, 0.4) is 0 Å². The van der Waals surface area contributed by atoms with Gasteiger partial charge in [0.2, 0.25) is 5.91 Å². The van der Waals surface area contributed by atoms with Gasteiger partial charge in [-0.2, -0.15) is 0 Å². The summed E-state index contributed by atoms with van der Waals surface area (Å²) in [5.74, 6) is -0.878. The van der Waals surface area contributed by atoms with Gasteiger partial charge in [0.1, 0.15) is 18.2 Å². The molecule has 7 heteroatoms. The highest BCUT2D eigenvalue weighted by Gasteiger charge is 2.26. The van der Waals surface area contributed by atoms with Crippen LogP contribution in [0, 0.1) is 27.7 Å². The van der Waals surface area contributed by atoms with Gasteiger partial charge >= 0.3 is 12.1 Å². The summed E-state index contributed by atoms with van der Waals surface area (Å²) in [7, 11) is 0. The van der Waals surface area contributed by atoms with Gasteiger partial charge in [0.25, 0.3) is 0 Å². The molecule has 1 atom stereocenters. The molecule has 34 heavy (non-hydrogen) atoms. The number of carbonyl (C=O) groups excluding carboxylic acids is 3. The average Bonchev–Trinajstić information content (AvgIpc) is 2.74. The SMILES string of the molecule is Cc1cccc(COC(=O)CC[C@@H](NC(=O)OC(C)(C)C)C(=O)Nc2ccc(C)c(C)c2C)c1. The summed E-state index contributed by atoms with van der Waals surface area (Å²) in [4.78, 5) is 37.7. The number of hydrogen-bond donors (Lipinski definition) is 2. The first-order valence-electron chi connectivity index (χ1n) is 11.4. The summed E-state index contributed by atoms with van der Waals surface area (Å²) < 4.78 is 10.7. The van der Waals surface area contributed by atoms with E-state index in [-0.39, 0.29) is 19.4 Å². The van der Waals surface area contributed by atoms with E-state index in [1.54, 1.807) is 20.8 Å². The Bertz CT molecular complexity index is 1040. The van der Waals surface area contributed by atoms with E-state index in [2.05, 4.69) is 10.6 Å². The van der Waals surface area contributed by atoms with E-state index in [9.17, 15) is 14.4 Å². The van der Waals surface area contributed by atoms with Gasteiger partial charge in [0.05, 0.1) is 0 Å². The largest absolute Gasteiger partial charge is 0.461 e. The molecule has 2 amide bonds. The summed E-state index contributed by atoms with van der Waals surface area (Å²) in [6.07, 6.45) is -0.690. The Labute approximate surface area is 202 Å². The molecular weight excluding hydrogens is 432 g/mol. The highest BCUT2D eigenvalue weighted by molar-refractivity contribution is 5.97. The second-order valence-electron chi connectivity index (χ2n) is 9.56. The van der Waals surface area contributed by atoms with E-state index in [0.29, 0.717) is 5.69 Å². The summed E-state index contributed by atoms with van der Waals surface area (Å²) in [6.45, 7) is 13.3. The first kappa shape index (κ1) is 26.9. The van der Waals surface area contributed by atoms with Crippen LogP contribution in [-0.2, 0) is 25.7 Å². The highest BCUT2D eigenvalue weighted by atomic mass is 16.6. The van der Waals surface area contributed by atoms with Crippen LogP contribution in [0.15, 0.2) is 36.4 Å². The first-order valence-corrected chi connectivity index (χ1v) is 11.4. The lowest BCUT2D eigenvalue weighted by atomic mass is 10.0. The molecule has 0 aliphatic carbocycles. The molecule has 0 aliphatic rings. The summed E-state index contributed by atoms with van der Waals surface area (Å²) in [5, 5.41) is 5.47. The van der Waals surface area contributed by atoms with Crippen LogP contribution < -0.4 is 10.6 Å². The van der Waals surface area contributed by atoms with Gasteiger partial charge in [-0.25, -0.2) is 4.79 Å². The van der Waals surface area contributed by atoms with Gasteiger partial charge < -0.3 is 20.1 Å². The third kappa shape index (κ3) is 8.54. The van der Waals surface area contributed by atoms with Crippen molar-refractivity contribution < 1.29 is 23.9 Å². The van der Waals surface area contributed by atoms with E-state index in [1.807, 2.05) is 64.1 Å². The van der Waals surface area contributed by atoms with Crippen molar-refractivity contribution in [1.29, 1.82) is 0 Å². The number of hydrogen-bond acceptors (Lipinski definition) is 5. The fourth-order valence-electron chi connectivity index (χ4n) is 3.33. The molecule has 2 N–H and O–H groups in total. The summed E-state index contributed by atoms with van der Waals surface area (Å²) >= 11 is 0. The third-order valence-electron chi connectivity index (χ3n) is 5.44. The van der Waals surface area contributed by atoms with E-state index in [0.717, 1.165) is 27.8 Å². The second kappa shape index (κ2) is 11.7. The predicted octanol–water partition coefficient (Wildman–Crippen LogP) is 5.28. The minimum atomic E-state index is -0.970. The summed E-state index contributed by atoms with van der Waals surface area (Å²) in [5.41, 5.74) is 5.05. The normalized spacial score (nSPS) is 12.0. The number of rotatable bonds is 8. The molecule has 0 fully saturated rings. The average molecular weight is 469 g/mol. The van der Waals surface area contributed by atoms with Crippen LogP contribution in [-0.4, -0.2) is 29.6 Å². The Hall–Kier alpha value is -3.35. The number of carbonyl (C=O) groups is 3. The minimum Gasteiger partial charge on any atom is -0.461 e. The van der Waals surface area contributed by atoms with Crippen LogP contribution in [0.2, 0.25) is 0 Å². The number of benzene rings is 2. The molecule has 0 aromatic heterocycles. The Morgan fingerprint density at radius 1 is 0.971 bits per heavy atom. The first-order chi connectivity index (χ1) is 15.9. The Morgan fingerprint density at radius 2 is 1.68 bits per heavy atom. The van der Waals surface area contributed by atoms with Crippen molar-refractivity contribution in [2.24, 2.45) is 0 Å². The number of ether oxygens (including phenoxy) is 2. The number of alkyl carbamates (subject to hydrolysis) is 1. The van der Waals surface area contributed by atoms with Crippen LogP contribution in [0.1, 0.15) is 61.4 Å². The van der Waals surface area contributed by atoms with Crippen molar-refractivity contribution in [1.82, 2.24) is 5.32 Å². The van der Waals surface area contributed by atoms with Crippen molar-refractivity contribution >= 4 is 23.7 Å². The van der Waals surface area contributed by atoms with Gasteiger partial charge in [-0.15, -0.1) is 0 Å². The number of aryl methyl sites for hydroxylation is 2. The molecule has 0 aliphatic heterocycles. The Balaban J connectivity index is 2.06. The quantitative estimate of drug-likeness (QED) is 0.515. The van der Waals surface area contributed by atoms with Gasteiger partial charge in [-0.1, -0.05) is 35.9 Å². The number of amides is 2. The fourth-order valence-corrected chi connectivity index (χ4v) is 3.33. The van der Waals surface area contributed by atoms with Gasteiger partial charge in [0.15, 0.2) is 0 Å². The zero-order valence-electron chi connectivity index (χ0n) is 21.2. The highest BCUT2D eigenvalue weighted by Crippen LogP contribution is 2.22. The molecule has 0 spiro atoms. The maximum Gasteiger partial charge on any atom is 0.408 e. The van der Waals surface area contributed by atoms with E-state index < -0.39 is 29.6 Å². The van der Waals surface area contributed by atoms with E-state index in [1.165, 1.54) is 0 Å². The molecule has 7 nitrogen and oxygen atoms in total. The lowest BCUT2D eigenvalue weighted by Crippen LogP contribution is -2.46. The molecule has 2 rings (SSSR count). The van der Waals surface area contributed by atoms with Gasteiger partial charge in [-0.3, -0.25) is 9.59 Å². The lowest BCUT2D eigenvalue weighted by molar-refractivity contribution is -0.145. The molecule has 184 valence electrons. The fraction of sp³-hybridized carbons (Fsp3) is 0.444. The Morgan fingerprint density at radius 3 is 2.32 bits per heavy atom. The van der Waals surface area contributed by atoms with E-state index >= 15 is 0 Å². The number of esters is 1. The standard InChI is InChI=1S/C27H36N2O5/c1-17-9-8-10-21(15-17)16-33-24(30)14-13-23(29-26(32)34-27(5,6)7)25(31)28-22-12-11-18(2)19(3)20(22)4/h8-12,15,23H,13-14,16H2,1-7H3,(H,28,31)(H,29,32)/t23-/m1/s1. The second-order valence-corrected chi connectivity index (χ2v) is 9.56. The summed E-state index contributed by atoms with van der Waals surface area (Å²) in [6, 6.07) is 10.5.